The van der Waals surface area contributed by atoms with Crippen LogP contribution in [-0.2, 0) is 27.9 Å². The van der Waals surface area contributed by atoms with E-state index in [4.69, 9.17) is 18.3 Å². The Balaban J connectivity index is 4.58. The average molecular weight is 433 g/mol. The first-order valence-corrected chi connectivity index (χ1v) is 15.5. The topological polar surface area (TPSA) is 71.1 Å². The summed E-state index contributed by atoms with van der Waals surface area (Å²) in [4.78, 5) is 23.9. The van der Waals surface area contributed by atoms with E-state index in [1.54, 1.807) is 0 Å². The molecular formula is C20H40O6Si2. The third kappa shape index (κ3) is 12.5. The molecule has 0 aromatic heterocycles. The van der Waals surface area contributed by atoms with Gasteiger partial charge in [-0.1, -0.05) is 41.5 Å². The lowest BCUT2D eigenvalue weighted by Gasteiger charge is -2.32. The molecule has 0 aromatic carbocycles. The van der Waals surface area contributed by atoms with Crippen LogP contribution in [0.15, 0.2) is 12.2 Å². The molecule has 0 aromatic rings. The fourth-order valence-electron chi connectivity index (χ4n) is 2.19. The van der Waals surface area contributed by atoms with Crippen LogP contribution in [0, 0.1) is 10.8 Å². The van der Waals surface area contributed by atoms with Gasteiger partial charge in [-0.15, -0.1) is 0 Å². The van der Waals surface area contributed by atoms with Gasteiger partial charge in [0.2, 0.25) is 0 Å². The Morgan fingerprint density at radius 1 is 0.714 bits per heavy atom. The summed E-state index contributed by atoms with van der Waals surface area (Å²) in [6.07, 6.45) is 1.85. The first kappa shape index (κ1) is 27.0. The lowest BCUT2D eigenvalue weighted by atomic mass is 9.90. The fourth-order valence-corrected chi connectivity index (χ4v) is 4.48. The summed E-state index contributed by atoms with van der Waals surface area (Å²) < 4.78 is 22.4. The first-order valence-electron chi connectivity index (χ1n) is 9.95. The Morgan fingerprint density at radius 2 is 1.00 bits per heavy atom. The minimum Gasteiger partial charge on any atom is -0.460 e. The zero-order valence-corrected chi connectivity index (χ0v) is 21.6. The van der Waals surface area contributed by atoms with E-state index in [1.807, 2.05) is 41.5 Å². The summed E-state index contributed by atoms with van der Waals surface area (Å²) in [6, 6.07) is 0. The van der Waals surface area contributed by atoms with Crippen molar-refractivity contribution in [2.45, 2.75) is 79.9 Å². The Bertz CT molecular complexity index is 472. The normalized spacial score (nSPS) is 15.1. The second-order valence-corrected chi connectivity index (χ2v) is 14.4. The van der Waals surface area contributed by atoms with Gasteiger partial charge in [0.1, 0.15) is 13.2 Å². The second-order valence-electron chi connectivity index (χ2n) is 9.67. The summed E-state index contributed by atoms with van der Waals surface area (Å²) in [6.45, 7) is 20.9. The second kappa shape index (κ2) is 11.9. The Labute approximate surface area is 174 Å². The Kier molecular flexibility index (Phi) is 11.5. The number of carbonyl (C=O) groups is 2. The molecule has 8 heteroatoms. The van der Waals surface area contributed by atoms with Crippen LogP contribution in [0.25, 0.3) is 0 Å². The van der Waals surface area contributed by atoms with Crippen molar-refractivity contribution in [1.29, 1.82) is 0 Å². The largest absolute Gasteiger partial charge is 0.460 e. The molecular weight excluding hydrogens is 392 g/mol. The van der Waals surface area contributed by atoms with Gasteiger partial charge in [0.15, 0.2) is 18.1 Å². The molecule has 0 amide bonds. The first-order chi connectivity index (χ1) is 12.6. The standard InChI is InChI=1S/C20H40O6Si2/c1-19(2,3)15(25-27(7)8)13-23-17(21)11-12-18(22)24-14-16(20(4,5)6)26-28(9)10/h11-12,15-16,27-28H,13-14H2,1-10H3. The minimum atomic E-state index is -1.26. The highest BCUT2D eigenvalue weighted by atomic mass is 28.3. The molecule has 6 nitrogen and oxygen atoms in total. The molecule has 0 aliphatic carbocycles. The zero-order valence-electron chi connectivity index (χ0n) is 19.3. The quantitative estimate of drug-likeness (QED) is 0.299. The van der Waals surface area contributed by atoms with Crippen molar-refractivity contribution >= 4 is 30.0 Å². The predicted octanol–water partition coefficient (Wildman–Crippen LogP) is 3.46. The van der Waals surface area contributed by atoms with E-state index >= 15 is 0 Å². The Hall–Kier alpha value is -0.966. The molecule has 0 aliphatic heterocycles. The third-order valence-electron chi connectivity index (χ3n) is 3.91. The van der Waals surface area contributed by atoms with Gasteiger partial charge in [-0.3, -0.25) is 0 Å². The molecule has 0 spiro atoms. The predicted molar refractivity (Wildman–Crippen MR) is 117 cm³/mol. The molecule has 0 heterocycles. The molecule has 0 fully saturated rings. The molecule has 0 rings (SSSR count). The van der Waals surface area contributed by atoms with Crippen molar-refractivity contribution < 1.29 is 27.9 Å². The summed E-state index contributed by atoms with van der Waals surface area (Å²) in [7, 11) is -2.52. The van der Waals surface area contributed by atoms with Crippen LogP contribution < -0.4 is 0 Å². The monoisotopic (exact) mass is 432 g/mol. The van der Waals surface area contributed by atoms with Crippen LogP contribution in [0.2, 0.25) is 26.2 Å². The SMILES string of the molecule is C[SiH](C)OC(COC(=O)C=CC(=O)OCC(O[SiH](C)C)C(C)(C)C)C(C)(C)C. The smallest absolute Gasteiger partial charge is 0.331 e. The van der Waals surface area contributed by atoms with Crippen molar-refractivity contribution in [2.75, 3.05) is 13.2 Å². The van der Waals surface area contributed by atoms with Gasteiger partial charge in [0.05, 0.1) is 12.2 Å². The van der Waals surface area contributed by atoms with Crippen molar-refractivity contribution in [1.82, 2.24) is 0 Å². The molecule has 0 aliphatic rings. The molecule has 0 bridgehead atoms. The van der Waals surface area contributed by atoms with Gasteiger partial charge in [-0.2, -0.15) is 0 Å². The summed E-state index contributed by atoms with van der Waals surface area (Å²) in [5, 5.41) is 0. The number of hydrogen-bond acceptors (Lipinski definition) is 6. The minimum absolute atomic E-state index is 0.137. The molecule has 28 heavy (non-hydrogen) atoms. The van der Waals surface area contributed by atoms with E-state index in [2.05, 4.69) is 26.2 Å². The molecule has 0 radical (unpaired) electrons. The van der Waals surface area contributed by atoms with Crippen LogP contribution in [0.4, 0.5) is 0 Å². The highest BCUT2D eigenvalue weighted by Gasteiger charge is 2.28. The van der Waals surface area contributed by atoms with E-state index < -0.39 is 30.0 Å². The van der Waals surface area contributed by atoms with Crippen LogP contribution in [-0.4, -0.2) is 55.4 Å². The van der Waals surface area contributed by atoms with Gasteiger partial charge in [0.25, 0.3) is 0 Å². The van der Waals surface area contributed by atoms with Gasteiger partial charge in [-0.25, -0.2) is 9.59 Å². The van der Waals surface area contributed by atoms with Crippen LogP contribution in [0.3, 0.4) is 0 Å². The molecule has 0 saturated heterocycles. The van der Waals surface area contributed by atoms with Crippen molar-refractivity contribution in [3.8, 4) is 0 Å². The van der Waals surface area contributed by atoms with Gasteiger partial charge in [-0.05, 0) is 37.0 Å². The third-order valence-corrected chi connectivity index (χ3v) is 5.66. The maximum absolute atomic E-state index is 11.9. The molecule has 0 N–H and O–H groups in total. The summed E-state index contributed by atoms with van der Waals surface area (Å²) in [5.41, 5.74) is -0.274. The van der Waals surface area contributed by atoms with E-state index in [9.17, 15) is 9.59 Å². The van der Waals surface area contributed by atoms with E-state index in [-0.39, 0.29) is 36.3 Å². The molecule has 2 atom stereocenters. The number of ether oxygens (including phenoxy) is 2. The number of esters is 2. The Morgan fingerprint density at radius 3 is 1.21 bits per heavy atom. The average Bonchev–Trinajstić information content (AvgIpc) is 2.50. The number of hydrogen-bond donors (Lipinski definition) is 0. The van der Waals surface area contributed by atoms with Gasteiger partial charge < -0.3 is 18.3 Å². The summed E-state index contributed by atoms with van der Waals surface area (Å²) >= 11 is 0. The van der Waals surface area contributed by atoms with Crippen LogP contribution in [0.5, 0.6) is 0 Å². The van der Waals surface area contributed by atoms with Crippen molar-refractivity contribution in [2.24, 2.45) is 10.8 Å². The molecule has 0 saturated carbocycles. The lowest BCUT2D eigenvalue weighted by Crippen LogP contribution is -2.37. The van der Waals surface area contributed by atoms with Gasteiger partial charge >= 0.3 is 11.9 Å². The number of carbonyl (C=O) groups excluding carboxylic acids is 2. The lowest BCUT2D eigenvalue weighted by molar-refractivity contribution is -0.144. The fraction of sp³-hybridized carbons (Fsp3) is 0.800. The van der Waals surface area contributed by atoms with Crippen LogP contribution >= 0.6 is 0 Å². The van der Waals surface area contributed by atoms with E-state index in [1.165, 1.54) is 0 Å². The maximum atomic E-state index is 11.9. The zero-order chi connectivity index (χ0) is 22.1. The van der Waals surface area contributed by atoms with Gasteiger partial charge in [0, 0.05) is 12.2 Å². The van der Waals surface area contributed by atoms with E-state index in [0.29, 0.717) is 0 Å². The number of rotatable bonds is 10. The molecule has 2 unspecified atom stereocenters. The molecule has 164 valence electrons. The summed E-state index contributed by atoms with van der Waals surface area (Å²) in [5.74, 6) is -1.17. The maximum Gasteiger partial charge on any atom is 0.331 e. The van der Waals surface area contributed by atoms with Crippen molar-refractivity contribution in [3.63, 3.8) is 0 Å². The van der Waals surface area contributed by atoms with E-state index in [0.717, 1.165) is 12.2 Å². The van der Waals surface area contributed by atoms with Crippen LogP contribution in [0.1, 0.15) is 41.5 Å². The highest BCUT2D eigenvalue weighted by Crippen LogP contribution is 2.24. The highest BCUT2D eigenvalue weighted by molar-refractivity contribution is 6.48. The van der Waals surface area contributed by atoms with Crippen molar-refractivity contribution in [3.05, 3.63) is 12.2 Å².